The van der Waals surface area contributed by atoms with Crippen molar-refractivity contribution >= 4 is 12.0 Å². The molecule has 0 aromatic heterocycles. The first-order chi connectivity index (χ1) is 7.74. The average Bonchev–Trinajstić information content (AvgIpc) is 2.34. The van der Waals surface area contributed by atoms with Crippen LogP contribution in [0, 0.1) is 0 Å². The van der Waals surface area contributed by atoms with Crippen LogP contribution in [-0.4, -0.2) is 38.0 Å². The summed E-state index contributed by atoms with van der Waals surface area (Å²) in [5.74, 6) is 0.0269. The van der Waals surface area contributed by atoms with Crippen LogP contribution in [0.5, 0.6) is 0 Å². The molecule has 0 bridgehead atoms. The Balaban J connectivity index is 2.48. The summed E-state index contributed by atoms with van der Waals surface area (Å²) >= 11 is 0. The Labute approximate surface area is 96.8 Å². The fourth-order valence-electron chi connectivity index (χ4n) is 1.25. The first kappa shape index (κ1) is 12.5. The van der Waals surface area contributed by atoms with Crippen molar-refractivity contribution in [2.75, 3.05) is 27.2 Å². The van der Waals surface area contributed by atoms with E-state index < -0.39 is 0 Å². The molecule has 3 nitrogen and oxygen atoms in total. The van der Waals surface area contributed by atoms with Gasteiger partial charge in [0.05, 0.1) is 0 Å². The van der Waals surface area contributed by atoms with Gasteiger partial charge in [0.25, 0.3) is 0 Å². The highest BCUT2D eigenvalue weighted by Gasteiger charge is 2.02. The molecule has 0 saturated carbocycles. The van der Waals surface area contributed by atoms with Crippen molar-refractivity contribution in [2.45, 2.75) is 0 Å². The fourth-order valence-corrected chi connectivity index (χ4v) is 1.25. The molecular formula is C13H18N2O. The quantitative estimate of drug-likeness (QED) is 0.757. The van der Waals surface area contributed by atoms with Crippen molar-refractivity contribution < 1.29 is 4.79 Å². The molecule has 0 aliphatic rings. The summed E-state index contributed by atoms with van der Waals surface area (Å²) in [6.45, 7) is 1.52. The Morgan fingerprint density at radius 3 is 2.69 bits per heavy atom. The second-order valence-corrected chi connectivity index (χ2v) is 3.61. The van der Waals surface area contributed by atoms with Gasteiger partial charge in [0, 0.05) is 26.2 Å². The number of carbonyl (C=O) groups is 1. The normalized spacial score (nSPS) is 10.6. The summed E-state index contributed by atoms with van der Waals surface area (Å²) in [5.41, 5.74) is 1.04. The second kappa shape index (κ2) is 6.80. The van der Waals surface area contributed by atoms with Crippen LogP contribution >= 0.6 is 0 Å². The largest absolute Gasteiger partial charge is 0.341 e. The van der Waals surface area contributed by atoms with Crippen LogP contribution in [0.2, 0.25) is 0 Å². The molecule has 0 radical (unpaired) electrons. The van der Waals surface area contributed by atoms with Gasteiger partial charge in [0.15, 0.2) is 0 Å². The maximum atomic E-state index is 11.6. The lowest BCUT2D eigenvalue weighted by atomic mass is 10.2. The maximum Gasteiger partial charge on any atom is 0.246 e. The van der Waals surface area contributed by atoms with Crippen LogP contribution in [0.15, 0.2) is 36.4 Å². The molecule has 1 aromatic rings. The molecule has 3 heteroatoms. The minimum atomic E-state index is 0.0269. The summed E-state index contributed by atoms with van der Waals surface area (Å²) < 4.78 is 0. The molecule has 16 heavy (non-hydrogen) atoms. The highest BCUT2D eigenvalue weighted by Crippen LogP contribution is 2.01. The van der Waals surface area contributed by atoms with Crippen LogP contribution in [0.25, 0.3) is 6.08 Å². The van der Waals surface area contributed by atoms with Crippen LogP contribution in [-0.2, 0) is 4.79 Å². The standard InChI is InChI=1S/C13H18N2O/c1-14-10-11-15(2)13(16)9-8-12-6-4-3-5-7-12/h3-9,14H,10-11H2,1-2H3. The van der Waals surface area contributed by atoms with Gasteiger partial charge in [-0.2, -0.15) is 0 Å². The molecule has 0 aliphatic heterocycles. The third kappa shape index (κ3) is 4.28. The lowest BCUT2D eigenvalue weighted by Crippen LogP contribution is -2.31. The van der Waals surface area contributed by atoms with Crippen molar-refractivity contribution in [3.05, 3.63) is 42.0 Å². The van der Waals surface area contributed by atoms with E-state index in [9.17, 15) is 4.79 Å². The number of amides is 1. The van der Waals surface area contributed by atoms with E-state index in [4.69, 9.17) is 0 Å². The summed E-state index contributed by atoms with van der Waals surface area (Å²) in [6.07, 6.45) is 3.43. The van der Waals surface area contributed by atoms with E-state index in [1.807, 2.05) is 43.5 Å². The summed E-state index contributed by atoms with van der Waals surface area (Å²) in [5, 5.41) is 3.01. The lowest BCUT2D eigenvalue weighted by molar-refractivity contribution is -0.124. The van der Waals surface area contributed by atoms with Gasteiger partial charge >= 0.3 is 0 Å². The first-order valence-electron chi connectivity index (χ1n) is 5.37. The Morgan fingerprint density at radius 2 is 2.06 bits per heavy atom. The van der Waals surface area contributed by atoms with Crippen LogP contribution in [0.1, 0.15) is 5.56 Å². The van der Waals surface area contributed by atoms with Crippen molar-refractivity contribution in [1.29, 1.82) is 0 Å². The number of likely N-dealkylation sites (N-methyl/N-ethyl adjacent to an activating group) is 2. The Hall–Kier alpha value is -1.61. The third-order valence-corrected chi connectivity index (χ3v) is 2.29. The lowest BCUT2D eigenvalue weighted by Gasteiger charge is -2.14. The van der Waals surface area contributed by atoms with E-state index in [0.717, 1.165) is 12.1 Å². The van der Waals surface area contributed by atoms with Crippen molar-refractivity contribution in [1.82, 2.24) is 10.2 Å². The summed E-state index contributed by atoms with van der Waals surface area (Å²) in [6, 6.07) is 9.80. The first-order valence-corrected chi connectivity index (χ1v) is 5.37. The zero-order valence-electron chi connectivity index (χ0n) is 9.81. The second-order valence-electron chi connectivity index (χ2n) is 3.61. The molecule has 0 unspecified atom stereocenters. The van der Waals surface area contributed by atoms with Crippen LogP contribution < -0.4 is 5.32 Å². The Bertz CT molecular complexity index is 346. The molecule has 1 aromatic carbocycles. The number of hydrogen-bond donors (Lipinski definition) is 1. The molecule has 1 amide bonds. The molecule has 0 spiro atoms. The Morgan fingerprint density at radius 1 is 1.38 bits per heavy atom. The van der Waals surface area contributed by atoms with Crippen LogP contribution in [0.4, 0.5) is 0 Å². The number of hydrogen-bond acceptors (Lipinski definition) is 2. The summed E-state index contributed by atoms with van der Waals surface area (Å²) in [4.78, 5) is 13.3. The van der Waals surface area contributed by atoms with E-state index >= 15 is 0 Å². The van der Waals surface area contributed by atoms with Gasteiger partial charge in [-0.25, -0.2) is 0 Å². The predicted octanol–water partition coefficient (Wildman–Crippen LogP) is 1.38. The monoisotopic (exact) mass is 218 g/mol. The summed E-state index contributed by atoms with van der Waals surface area (Å²) in [7, 11) is 3.67. The van der Waals surface area contributed by atoms with Gasteiger partial charge in [-0.05, 0) is 18.7 Å². The topological polar surface area (TPSA) is 32.3 Å². The molecular weight excluding hydrogens is 200 g/mol. The van der Waals surface area contributed by atoms with Gasteiger partial charge < -0.3 is 10.2 Å². The number of nitrogens with zero attached hydrogens (tertiary/aromatic N) is 1. The van der Waals surface area contributed by atoms with Gasteiger partial charge in [-0.3, -0.25) is 4.79 Å². The zero-order chi connectivity index (χ0) is 11.8. The molecule has 0 fully saturated rings. The molecule has 0 atom stereocenters. The van der Waals surface area contributed by atoms with Gasteiger partial charge in [0.2, 0.25) is 5.91 Å². The molecule has 0 saturated heterocycles. The van der Waals surface area contributed by atoms with Crippen molar-refractivity contribution in [3.8, 4) is 0 Å². The maximum absolute atomic E-state index is 11.6. The van der Waals surface area contributed by atoms with Crippen molar-refractivity contribution in [3.63, 3.8) is 0 Å². The Kier molecular flexibility index (Phi) is 5.29. The minimum Gasteiger partial charge on any atom is -0.341 e. The number of benzene rings is 1. The van der Waals surface area contributed by atoms with Crippen molar-refractivity contribution in [2.24, 2.45) is 0 Å². The van der Waals surface area contributed by atoms with Gasteiger partial charge in [-0.1, -0.05) is 30.3 Å². The highest BCUT2D eigenvalue weighted by molar-refractivity contribution is 5.91. The molecule has 1 rings (SSSR count). The van der Waals surface area contributed by atoms with E-state index in [1.165, 1.54) is 0 Å². The SMILES string of the molecule is CNCCN(C)C(=O)C=Cc1ccccc1. The highest BCUT2D eigenvalue weighted by atomic mass is 16.2. The predicted molar refractivity (Wildman–Crippen MR) is 67.0 cm³/mol. The fraction of sp³-hybridized carbons (Fsp3) is 0.308. The van der Waals surface area contributed by atoms with E-state index in [2.05, 4.69) is 5.32 Å². The number of carbonyl (C=O) groups excluding carboxylic acids is 1. The smallest absolute Gasteiger partial charge is 0.246 e. The van der Waals surface area contributed by atoms with Crippen LogP contribution in [0.3, 0.4) is 0 Å². The minimum absolute atomic E-state index is 0.0269. The average molecular weight is 218 g/mol. The number of nitrogens with one attached hydrogen (secondary N) is 1. The van der Waals surface area contributed by atoms with Gasteiger partial charge in [-0.15, -0.1) is 0 Å². The molecule has 0 heterocycles. The number of rotatable bonds is 5. The zero-order valence-corrected chi connectivity index (χ0v) is 9.81. The van der Waals surface area contributed by atoms with E-state index in [-0.39, 0.29) is 5.91 Å². The molecule has 86 valence electrons. The van der Waals surface area contributed by atoms with E-state index in [0.29, 0.717) is 6.54 Å². The van der Waals surface area contributed by atoms with E-state index in [1.54, 1.807) is 18.0 Å². The third-order valence-electron chi connectivity index (χ3n) is 2.29. The van der Waals surface area contributed by atoms with Gasteiger partial charge in [0.1, 0.15) is 0 Å². The molecule has 1 N–H and O–H groups in total. The molecule has 0 aliphatic carbocycles.